The maximum Gasteiger partial charge on any atom is 0.203 e. The Labute approximate surface area is 168 Å². The summed E-state index contributed by atoms with van der Waals surface area (Å²) >= 11 is 0. The van der Waals surface area contributed by atoms with Crippen molar-refractivity contribution in [2.45, 2.75) is 53.0 Å². The van der Waals surface area contributed by atoms with Crippen LogP contribution >= 0.6 is 0 Å². The second kappa shape index (κ2) is 8.62. The van der Waals surface area contributed by atoms with Gasteiger partial charge in [0, 0.05) is 62.1 Å². The topological polar surface area (TPSA) is 72.5 Å². The summed E-state index contributed by atoms with van der Waals surface area (Å²) in [6.07, 6.45) is 8.82. The number of carbonyl (C=O) groups is 1. The number of ketones is 1. The van der Waals surface area contributed by atoms with Gasteiger partial charge in [0.05, 0.1) is 5.69 Å². The first-order chi connectivity index (χ1) is 13.4. The summed E-state index contributed by atoms with van der Waals surface area (Å²) in [6, 6.07) is 0.393. The predicted molar refractivity (Wildman–Crippen MR) is 112 cm³/mol. The highest BCUT2D eigenvalue weighted by Gasteiger charge is 2.30. The van der Waals surface area contributed by atoms with Crippen molar-refractivity contribution in [1.29, 1.82) is 0 Å². The van der Waals surface area contributed by atoms with Gasteiger partial charge in [-0.05, 0) is 31.9 Å². The molecule has 154 valence electrons. The van der Waals surface area contributed by atoms with E-state index in [-0.39, 0.29) is 12.4 Å². The van der Waals surface area contributed by atoms with Gasteiger partial charge in [0.25, 0.3) is 0 Å². The van der Waals surface area contributed by atoms with E-state index in [0.29, 0.717) is 11.9 Å². The third-order valence-corrected chi connectivity index (χ3v) is 6.10. The summed E-state index contributed by atoms with van der Waals surface area (Å²) in [7, 11) is 0. The lowest BCUT2D eigenvalue weighted by molar-refractivity contribution is 0.0822. The zero-order valence-corrected chi connectivity index (χ0v) is 17.7. The van der Waals surface area contributed by atoms with E-state index < -0.39 is 5.41 Å². The largest absolute Gasteiger partial charge is 0.396 e. The molecule has 0 amide bonds. The van der Waals surface area contributed by atoms with Gasteiger partial charge in [-0.1, -0.05) is 26.8 Å². The minimum atomic E-state index is -0.404. The lowest BCUT2D eigenvalue weighted by Gasteiger charge is -2.41. The molecule has 1 fully saturated rings. The second-order valence-corrected chi connectivity index (χ2v) is 8.61. The van der Waals surface area contributed by atoms with E-state index in [1.807, 2.05) is 20.8 Å². The quantitative estimate of drug-likeness (QED) is 0.705. The van der Waals surface area contributed by atoms with Crippen LogP contribution in [-0.4, -0.2) is 69.5 Å². The number of fused-ring (bicyclic) bond motifs is 1. The number of imidazole rings is 1. The van der Waals surface area contributed by atoms with Crippen molar-refractivity contribution in [2.75, 3.05) is 32.8 Å². The monoisotopic (exact) mass is 386 g/mol. The maximum absolute atomic E-state index is 12.8. The van der Waals surface area contributed by atoms with Crippen molar-refractivity contribution in [3.05, 3.63) is 35.1 Å². The van der Waals surface area contributed by atoms with E-state index in [0.717, 1.165) is 62.5 Å². The van der Waals surface area contributed by atoms with Crippen LogP contribution in [0.25, 0.3) is 6.08 Å². The van der Waals surface area contributed by atoms with Crippen LogP contribution < -0.4 is 0 Å². The molecule has 1 aliphatic heterocycles. The molecule has 0 saturated carbocycles. The van der Waals surface area contributed by atoms with Gasteiger partial charge in [0.15, 0.2) is 5.82 Å². The minimum absolute atomic E-state index is 0.0767. The number of hydrogen-bond donors (Lipinski definition) is 2. The molecule has 28 heavy (non-hydrogen) atoms. The van der Waals surface area contributed by atoms with Crippen LogP contribution in [0.15, 0.2) is 17.8 Å². The Morgan fingerprint density at radius 1 is 1.39 bits per heavy atom. The predicted octanol–water partition coefficient (Wildman–Crippen LogP) is 2.87. The second-order valence-electron chi connectivity index (χ2n) is 8.61. The Morgan fingerprint density at radius 2 is 2.18 bits per heavy atom. The molecule has 1 aliphatic carbocycles. The SMILES string of the molecule is CCC(C)(C)C(=O)c1nc2c([nH]1)CC=CC(N1CCN(CCCO)CC1C)=C2. The molecule has 0 spiro atoms. The molecular formula is C22H34N4O2. The van der Waals surface area contributed by atoms with Gasteiger partial charge in [-0.25, -0.2) is 4.98 Å². The molecule has 1 aromatic heterocycles. The Hall–Kier alpha value is -1.92. The molecule has 1 unspecified atom stereocenters. The van der Waals surface area contributed by atoms with Crippen molar-refractivity contribution < 1.29 is 9.90 Å². The third kappa shape index (κ3) is 4.39. The molecule has 6 nitrogen and oxygen atoms in total. The number of nitrogens with one attached hydrogen (secondary N) is 1. The molecule has 2 heterocycles. The van der Waals surface area contributed by atoms with Crippen LogP contribution in [0.4, 0.5) is 0 Å². The van der Waals surface area contributed by atoms with Crippen molar-refractivity contribution in [3.63, 3.8) is 0 Å². The third-order valence-electron chi connectivity index (χ3n) is 6.10. The van der Waals surface area contributed by atoms with Crippen LogP contribution in [0.2, 0.25) is 0 Å². The van der Waals surface area contributed by atoms with Crippen LogP contribution in [-0.2, 0) is 6.42 Å². The first-order valence-corrected chi connectivity index (χ1v) is 10.5. The fourth-order valence-electron chi connectivity index (χ4n) is 3.86. The Kier molecular flexibility index (Phi) is 6.40. The van der Waals surface area contributed by atoms with E-state index in [4.69, 9.17) is 5.11 Å². The number of hydrogen-bond acceptors (Lipinski definition) is 5. The molecule has 0 radical (unpaired) electrons. The van der Waals surface area contributed by atoms with E-state index in [2.05, 4.69) is 44.9 Å². The molecule has 0 bridgehead atoms. The van der Waals surface area contributed by atoms with Gasteiger partial charge in [0.2, 0.25) is 5.78 Å². The molecule has 1 aromatic rings. The fraction of sp³-hybridized carbons (Fsp3) is 0.636. The number of H-pyrrole nitrogens is 1. The van der Waals surface area contributed by atoms with E-state index in [1.165, 1.54) is 0 Å². The number of piperazine rings is 1. The molecule has 2 N–H and O–H groups in total. The van der Waals surface area contributed by atoms with Crippen molar-refractivity contribution in [3.8, 4) is 0 Å². The van der Waals surface area contributed by atoms with Crippen molar-refractivity contribution in [1.82, 2.24) is 19.8 Å². The summed E-state index contributed by atoms with van der Waals surface area (Å²) in [5.74, 6) is 0.553. The van der Waals surface area contributed by atoms with E-state index >= 15 is 0 Å². The van der Waals surface area contributed by atoms with Gasteiger partial charge in [0.1, 0.15) is 0 Å². The molecule has 0 aromatic carbocycles. The van der Waals surface area contributed by atoms with Crippen LogP contribution in [0.1, 0.15) is 62.5 Å². The Morgan fingerprint density at radius 3 is 2.86 bits per heavy atom. The molecule has 1 saturated heterocycles. The zero-order valence-electron chi connectivity index (χ0n) is 17.7. The average Bonchev–Trinajstić information content (AvgIpc) is 2.97. The van der Waals surface area contributed by atoms with Crippen LogP contribution in [0.3, 0.4) is 0 Å². The van der Waals surface area contributed by atoms with Gasteiger partial charge in [-0.3, -0.25) is 9.69 Å². The molecule has 3 rings (SSSR count). The highest BCUT2D eigenvalue weighted by molar-refractivity contribution is 5.97. The lowest BCUT2D eigenvalue weighted by atomic mass is 9.85. The number of aromatic nitrogens is 2. The number of rotatable bonds is 7. The van der Waals surface area contributed by atoms with E-state index in [9.17, 15) is 4.79 Å². The summed E-state index contributed by atoms with van der Waals surface area (Å²) < 4.78 is 0. The molecular weight excluding hydrogens is 352 g/mol. The maximum atomic E-state index is 12.8. The molecule has 1 atom stereocenters. The molecule has 6 heteroatoms. The highest BCUT2D eigenvalue weighted by Crippen LogP contribution is 2.27. The number of aliphatic hydroxyl groups excluding tert-OH is 1. The summed E-state index contributed by atoms with van der Waals surface area (Å²) in [5, 5.41) is 9.06. The summed E-state index contributed by atoms with van der Waals surface area (Å²) in [4.78, 5) is 25.6. The van der Waals surface area contributed by atoms with Crippen molar-refractivity contribution >= 4 is 11.9 Å². The smallest absolute Gasteiger partial charge is 0.203 e. The standard InChI is InChI=1S/C22H34N4O2/c1-5-22(3,4)20(28)21-23-18-9-6-8-17(14-19(18)24-21)26-12-11-25(10-7-13-27)15-16(26)2/h6,8,14,16,27H,5,7,9-13,15H2,1-4H3,(H,23,24). The normalized spacial score (nSPS) is 20.7. The number of allylic oxidation sites excluding steroid dienone is 2. The Balaban J connectivity index is 1.78. The zero-order chi connectivity index (χ0) is 20.3. The van der Waals surface area contributed by atoms with Gasteiger partial charge >= 0.3 is 0 Å². The van der Waals surface area contributed by atoms with Crippen molar-refractivity contribution in [2.24, 2.45) is 5.41 Å². The van der Waals surface area contributed by atoms with E-state index in [1.54, 1.807) is 0 Å². The van der Waals surface area contributed by atoms with Gasteiger partial charge < -0.3 is 15.0 Å². The number of aliphatic hydroxyl groups is 1. The number of Topliss-reactive ketones (excluding diaryl/α,β-unsaturated/α-hetero) is 1. The number of aromatic amines is 1. The number of carbonyl (C=O) groups excluding carboxylic acids is 1. The summed E-state index contributed by atoms with van der Waals surface area (Å²) in [5.41, 5.74) is 2.65. The van der Waals surface area contributed by atoms with Crippen LogP contribution in [0, 0.1) is 5.41 Å². The lowest BCUT2D eigenvalue weighted by Crippen LogP contribution is -2.51. The van der Waals surface area contributed by atoms with Gasteiger partial charge in [-0.2, -0.15) is 0 Å². The Bertz CT molecular complexity index is 763. The van der Waals surface area contributed by atoms with Crippen LogP contribution in [0.5, 0.6) is 0 Å². The van der Waals surface area contributed by atoms with Gasteiger partial charge in [-0.15, -0.1) is 0 Å². The molecule has 2 aliphatic rings. The average molecular weight is 387 g/mol. The number of nitrogens with zero attached hydrogens (tertiary/aromatic N) is 3. The summed E-state index contributed by atoms with van der Waals surface area (Å²) in [6.45, 7) is 12.4. The first kappa shape index (κ1) is 20.8. The minimum Gasteiger partial charge on any atom is -0.396 e. The highest BCUT2D eigenvalue weighted by atomic mass is 16.3. The first-order valence-electron chi connectivity index (χ1n) is 10.5. The fourth-order valence-corrected chi connectivity index (χ4v) is 3.86.